The first kappa shape index (κ1) is 63.3. The van der Waals surface area contributed by atoms with Crippen molar-refractivity contribution in [3.05, 3.63) is 42.3 Å². The van der Waals surface area contributed by atoms with E-state index in [-0.39, 0.29) is 73.2 Å². The number of methoxy groups -OCH3 is 6. The monoisotopic (exact) mass is 955 g/mol. The number of hydrogen-bond acceptors (Lipinski definition) is 12. The number of rotatable bonds is 18. The van der Waals surface area contributed by atoms with Crippen molar-refractivity contribution in [3.63, 3.8) is 0 Å². The van der Waals surface area contributed by atoms with E-state index >= 15 is 0 Å². The Morgan fingerprint density at radius 3 is 0.439 bits per heavy atom. The van der Waals surface area contributed by atoms with Crippen LogP contribution in [0.4, 0.5) is 0 Å². The standard InChI is InChI=1S/3C9H19NO2.3C7H15NO2/c3*1-4-11-8-6-10(3)7-9(8)12-5-2;3*1-8-4-6(9-2)7(5-8)10-3/h3*8-10H,3-7H2,1-2H3;3*6-8H,1,4-5H2,2-3H3/t8-,9+;2*8-,9-;6-,7+;2*6-,7-/m.10.10/s1. The zero-order valence-corrected chi connectivity index (χ0v) is 43.8. The van der Waals surface area contributed by atoms with Crippen molar-refractivity contribution in [1.82, 2.24) is 0 Å². The van der Waals surface area contributed by atoms with Gasteiger partial charge in [0.05, 0.1) is 78.5 Å². The summed E-state index contributed by atoms with van der Waals surface area (Å²) in [6.45, 7) is 28.2. The Kier molecular flexibility index (Phi) is 35.6. The van der Waals surface area contributed by atoms with Gasteiger partial charge in [-0.2, -0.15) is 42.3 Å². The van der Waals surface area contributed by atoms with Crippen LogP contribution < -0.4 is 29.4 Å². The number of hydrogen-bond donors (Lipinski definition) is 6. The topological polar surface area (TPSA) is 137 Å². The van der Waals surface area contributed by atoms with Gasteiger partial charge in [0.15, 0.2) is 0 Å². The average Bonchev–Trinajstić information content (AvgIpc) is 4.16. The van der Waals surface area contributed by atoms with Crippen molar-refractivity contribution >= 4 is 0 Å². The van der Waals surface area contributed by atoms with Gasteiger partial charge in [0.2, 0.25) is 0 Å². The van der Waals surface area contributed by atoms with E-state index in [0.717, 1.165) is 118 Å². The van der Waals surface area contributed by atoms with Gasteiger partial charge in [-0.25, -0.2) is 0 Å². The van der Waals surface area contributed by atoms with E-state index in [1.165, 1.54) is 29.4 Å². The SMILES string of the molecule is [CH2-][NH+]1C[C@@H](OC)[C@H](OC)C1.[CH2-][NH+]1C[C@@H](OCC)[C@H](OCC)C1.[CH2-][NH+]1C[C@H](OC)[C@@H](OC)C1.[CH2-][NH+]1C[C@H](OC)[C@H](OC)C1.[CH2-][NH+]1C[C@H](OCC)[C@@H](OCC)C1.[CH2-][NH+]1C[C@H](OCC)[C@H](OCC)C1. The summed E-state index contributed by atoms with van der Waals surface area (Å²) in [4.78, 5) is 7.47. The van der Waals surface area contributed by atoms with Gasteiger partial charge >= 0.3 is 0 Å². The van der Waals surface area contributed by atoms with Gasteiger partial charge in [0.1, 0.15) is 73.2 Å². The third-order valence-electron chi connectivity index (χ3n) is 12.5. The Labute approximate surface area is 403 Å². The van der Waals surface area contributed by atoms with Gasteiger partial charge in [-0.1, -0.05) is 0 Å². The Hall–Kier alpha value is -0.720. The summed E-state index contributed by atoms with van der Waals surface area (Å²) in [6.07, 6.45) is 2.92. The second-order valence-corrected chi connectivity index (χ2v) is 17.6. The molecule has 6 aliphatic heterocycles. The molecule has 66 heavy (non-hydrogen) atoms. The van der Waals surface area contributed by atoms with Crippen molar-refractivity contribution in [2.45, 2.75) is 115 Å². The maximum atomic E-state index is 5.55. The van der Waals surface area contributed by atoms with Crippen LogP contribution in [0.1, 0.15) is 41.5 Å². The van der Waals surface area contributed by atoms with Crippen molar-refractivity contribution in [3.8, 4) is 0 Å². The average molecular weight is 955 g/mol. The first-order chi connectivity index (χ1) is 31.6. The second kappa shape index (κ2) is 37.1. The molecule has 0 saturated carbocycles. The molecule has 0 aromatic carbocycles. The molecule has 0 spiro atoms. The summed E-state index contributed by atoms with van der Waals surface area (Å²) in [6, 6.07) is 0. The van der Waals surface area contributed by atoms with Crippen LogP contribution in [0.15, 0.2) is 0 Å². The third-order valence-corrected chi connectivity index (χ3v) is 12.5. The van der Waals surface area contributed by atoms with Crippen LogP contribution in [-0.4, -0.2) is 234 Å². The lowest BCUT2D eigenvalue weighted by Crippen LogP contribution is -3.05. The minimum atomic E-state index is 0.234. The highest BCUT2D eigenvalue weighted by Crippen LogP contribution is 2.08. The van der Waals surface area contributed by atoms with Gasteiger partial charge in [-0.05, 0) is 41.5 Å². The molecule has 396 valence electrons. The molecule has 0 aromatic rings. The van der Waals surface area contributed by atoms with Crippen LogP contribution in [0, 0.1) is 42.3 Å². The van der Waals surface area contributed by atoms with Crippen LogP contribution in [0.25, 0.3) is 0 Å². The number of quaternary nitrogens is 6. The normalized spacial score (nSPS) is 34.6. The Balaban J connectivity index is 0.000000397. The highest BCUT2D eigenvalue weighted by atomic mass is 16.6. The molecule has 6 heterocycles. The van der Waals surface area contributed by atoms with Crippen LogP contribution in [-0.2, 0) is 56.8 Å². The van der Waals surface area contributed by atoms with Crippen molar-refractivity contribution in [2.24, 2.45) is 0 Å². The summed E-state index contributed by atoms with van der Waals surface area (Å²) in [5.74, 6) is 0. The van der Waals surface area contributed by atoms with Gasteiger partial charge < -0.3 is 86.2 Å². The van der Waals surface area contributed by atoms with Crippen LogP contribution >= 0.6 is 0 Å². The van der Waals surface area contributed by atoms with Gasteiger partial charge in [-0.3, -0.25) is 0 Å². The number of ether oxygens (including phenoxy) is 12. The van der Waals surface area contributed by atoms with Gasteiger partial charge in [0.25, 0.3) is 0 Å². The molecule has 6 rings (SSSR count). The van der Waals surface area contributed by atoms with Gasteiger partial charge in [0, 0.05) is 82.3 Å². The first-order valence-electron chi connectivity index (χ1n) is 24.5. The van der Waals surface area contributed by atoms with E-state index in [9.17, 15) is 0 Å². The van der Waals surface area contributed by atoms with E-state index in [2.05, 4.69) is 42.3 Å². The molecule has 6 fully saturated rings. The number of likely N-dealkylation sites (tertiary alicyclic amines) is 6. The van der Waals surface area contributed by atoms with Crippen molar-refractivity contribution in [1.29, 1.82) is 0 Å². The van der Waals surface area contributed by atoms with E-state index in [4.69, 9.17) is 56.8 Å². The summed E-state index contributed by atoms with van der Waals surface area (Å²) >= 11 is 0. The third kappa shape index (κ3) is 23.9. The maximum absolute atomic E-state index is 5.55. The molecule has 6 saturated heterocycles. The molecule has 0 aromatic heterocycles. The molecular formula is C48H102N6O12. The van der Waals surface area contributed by atoms with E-state index in [1.807, 2.05) is 41.5 Å². The Bertz CT molecular complexity index is 935. The van der Waals surface area contributed by atoms with Gasteiger partial charge in [-0.15, -0.1) is 0 Å². The lowest BCUT2D eigenvalue weighted by atomic mass is 10.2. The van der Waals surface area contributed by atoms with Crippen molar-refractivity contribution in [2.75, 3.05) is 161 Å². The fraction of sp³-hybridized carbons (Fsp3) is 0.875. The van der Waals surface area contributed by atoms with Crippen LogP contribution in [0.2, 0.25) is 0 Å². The minimum Gasteiger partial charge on any atom is -0.463 e. The summed E-state index contributed by atoms with van der Waals surface area (Å²) < 4.78 is 64.5. The highest BCUT2D eigenvalue weighted by molar-refractivity contribution is 4.77. The molecule has 14 atom stereocenters. The lowest BCUT2D eigenvalue weighted by molar-refractivity contribution is -0.843. The molecule has 2 unspecified atom stereocenters. The predicted octanol–water partition coefficient (Wildman–Crippen LogP) is -5.42. The quantitative estimate of drug-likeness (QED) is 0.0733. The van der Waals surface area contributed by atoms with E-state index in [1.54, 1.807) is 42.7 Å². The lowest BCUT2D eigenvalue weighted by Gasteiger charge is -2.15. The molecule has 6 aliphatic rings. The van der Waals surface area contributed by atoms with E-state index < -0.39 is 0 Å². The van der Waals surface area contributed by atoms with Crippen LogP contribution in [0.5, 0.6) is 0 Å². The smallest absolute Gasteiger partial charge is 0.136 e. The molecule has 6 N–H and O–H groups in total. The maximum Gasteiger partial charge on any atom is 0.136 e. The highest BCUT2D eigenvalue weighted by Gasteiger charge is 2.36. The fourth-order valence-corrected chi connectivity index (χ4v) is 9.18. The molecular weight excluding hydrogens is 853 g/mol. The second-order valence-electron chi connectivity index (χ2n) is 17.6. The first-order valence-corrected chi connectivity index (χ1v) is 24.5. The largest absolute Gasteiger partial charge is 0.463 e. The summed E-state index contributed by atoms with van der Waals surface area (Å²) in [7, 11) is 33.9. The van der Waals surface area contributed by atoms with Crippen LogP contribution in [0.3, 0.4) is 0 Å². The molecule has 0 amide bonds. The zero-order valence-electron chi connectivity index (χ0n) is 43.8. The fourth-order valence-electron chi connectivity index (χ4n) is 9.18. The molecule has 0 aliphatic carbocycles. The van der Waals surface area contributed by atoms with E-state index in [0.29, 0.717) is 0 Å². The molecule has 0 bridgehead atoms. The summed E-state index contributed by atoms with van der Waals surface area (Å²) in [5, 5.41) is 0. The van der Waals surface area contributed by atoms with Crippen molar-refractivity contribution < 1.29 is 86.2 Å². The summed E-state index contributed by atoms with van der Waals surface area (Å²) in [5.41, 5.74) is 0. The molecule has 0 radical (unpaired) electrons. The zero-order chi connectivity index (χ0) is 49.6. The molecule has 18 nitrogen and oxygen atoms in total. The Morgan fingerprint density at radius 2 is 0.348 bits per heavy atom. The Morgan fingerprint density at radius 1 is 0.242 bits per heavy atom. The predicted molar refractivity (Wildman–Crippen MR) is 254 cm³/mol. The minimum absolute atomic E-state index is 0.234. The number of nitrogens with one attached hydrogen (secondary N) is 6. The molecule has 18 heteroatoms.